The van der Waals surface area contributed by atoms with E-state index < -0.39 is 0 Å². The van der Waals surface area contributed by atoms with Gasteiger partial charge in [0.15, 0.2) is 0 Å². The summed E-state index contributed by atoms with van der Waals surface area (Å²) >= 11 is 0. The van der Waals surface area contributed by atoms with Crippen LogP contribution in [0.1, 0.15) is 33.1 Å². The lowest BCUT2D eigenvalue weighted by molar-refractivity contribution is 0.0519. The molecule has 0 aromatic carbocycles. The van der Waals surface area contributed by atoms with Crippen LogP contribution in [0.2, 0.25) is 0 Å². The molecule has 0 spiro atoms. The molecule has 1 unspecified atom stereocenters. The van der Waals surface area contributed by atoms with Crippen molar-refractivity contribution in [1.82, 2.24) is 4.90 Å². The van der Waals surface area contributed by atoms with Gasteiger partial charge in [0, 0.05) is 32.8 Å². The molecule has 1 aliphatic rings. The molecule has 0 aromatic heterocycles. The number of hydrogen-bond donors (Lipinski definition) is 1. The first-order chi connectivity index (χ1) is 7.22. The highest BCUT2D eigenvalue weighted by Crippen LogP contribution is 2.13. The molecule has 1 N–H and O–H groups in total. The molecule has 1 aliphatic heterocycles. The Hall–Kier alpha value is -0.120. The van der Waals surface area contributed by atoms with Gasteiger partial charge >= 0.3 is 0 Å². The Balaban J connectivity index is 2.03. The summed E-state index contributed by atoms with van der Waals surface area (Å²) in [4.78, 5) is 2.39. The summed E-state index contributed by atoms with van der Waals surface area (Å²) in [5.41, 5.74) is 0. The Kier molecular flexibility index (Phi) is 6.22. The Morgan fingerprint density at radius 3 is 2.93 bits per heavy atom. The lowest BCUT2D eigenvalue weighted by atomic mass is 10.1. The highest BCUT2D eigenvalue weighted by Gasteiger charge is 2.22. The topological polar surface area (TPSA) is 32.7 Å². The summed E-state index contributed by atoms with van der Waals surface area (Å²) in [5, 5.41) is 8.74. The van der Waals surface area contributed by atoms with Crippen LogP contribution in [-0.2, 0) is 4.74 Å². The first kappa shape index (κ1) is 12.9. The van der Waals surface area contributed by atoms with Crippen LogP contribution in [0.5, 0.6) is 0 Å². The Morgan fingerprint density at radius 1 is 1.47 bits per heavy atom. The van der Waals surface area contributed by atoms with Gasteiger partial charge in [-0.3, -0.25) is 0 Å². The standard InChI is InChI=1S/C12H25NO2/c1-11(2)5-9-15-12-4-7-13(10-12)6-3-8-14/h11-12,14H,3-10H2,1-2H3. The molecule has 0 saturated carbocycles. The average Bonchev–Trinajstić information content (AvgIpc) is 2.62. The smallest absolute Gasteiger partial charge is 0.0714 e. The number of likely N-dealkylation sites (tertiary alicyclic amines) is 1. The largest absolute Gasteiger partial charge is 0.396 e. The fourth-order valence-electron chi connectivity index (χ4n) is 1.90. The molecule has 1 rings (SSSR count). The van der Waals surface area contributed by atoms with Crippen LogP contribution >= 0.6 is 0 Å². The second-order valence-electron chi connectivity index (χ2n) is 4.84. The van der Waals surface area contributed by atoms with Crippen molar-refractivity contribution in [3.63, 3.8) is 0 Å². The summed E-state index contributed by atoms with van der Waals surface area (Å²) in [6.45, 7) is 8.85. The van der Waals surface area contributed by atoms with Crippen LogP contribution < -0.4 is 0 Å². The molecule has 3 nitrogen and oxygen atoms in total. The normalized spacial score (nSPS) is 22.8. The van der Waals surface area contributed by atoms with Gasteiger partial charge < -0.3 is 14.7 Å². The van der Waals surface area contributed by atoms with Gasteiger partial charge in [0.25, 0.3) is 0 Å². The van der Waals surface area contributed by atoms with Crippen LogP contribution in [0, 0.1) is 5.92 Å². The SMILES string of the molecule is CC(C)CCOC1CCN(CCCO)C1. The van der Waals surface area contributed by atoms with Crippen molar-refractivity contribution in [2.24, 2.45) is 5.92 Å². The van der Waals surface area contributed by atoms with Gasteiger partial charge in [0.05, 0.1) is 6.10 Å². The second-order valence-corrected chi connectivity index (χ2v) is 4.84. The Bertz CT molecular complexity index is 162. The van der Waals surface area contributed by atoms with Crippen molar-refractivity contribution in [3.8, 4) is 0 Å². The van der Waals surface area contributed by atoms with Gasteiger partial charge in [-0.25, -0.2) is 0 Å². The summed E-state index contributed by atoms with van der Waals surface area (Å²) in [6, 6.07) is 0. The number of rotatable bonds is 7. The maximum Gasteiger partial charge on any atom is 0.0714 e. The van der Waals surface area contributed by atoms with E-state index in [4.69, 9.17) is 9.84 Å². The van der Waals surface area contributed by atoms with Crippen molar-refractivity contribution < 1.29 is 9.84 Å². The summed E-state index contributed by atoms with van der Waals surface area (Å²) < 4.78 is 5.82. The van der Waals surface area contributed by atoms with Gasteiger partial charge in [-0.2, -0.15) is 0 Å². The number of aliphatic hydroxyl groups excluding tert-OH is 1. The zero-order chi connectivity index (χ0) is 11.1. The third kappa shape index (κ3) is 5.50. The molecule has 0 amide bonds. The molecule has 1 heterocycles. The second kappa shape index (κ2) is 7.20. The average molecular weight is 215 g/mol. The van der Waals surface area contributed by atoms with E-state index in [9.17, 15) is 0 Å². The van der Waals surface area contributed by atoms with Crippen LogP contribution in [0.3, 0.4) is 0 Å². The molecule has 90 valence electrons. The molecule has 3 heteroatoms. The third-order valence-electron chi connectivity index (χ3n) is 2.91. The molecule has 1 saturated heterocycles. The number of hydrogen-bond acceptors (Lipinski definition) is 3. The van der Waals surface area contributed by atoms with Gasteiger partial charge in [-0.05, 0) is 25.2 Å². The van der Waals surface area contributed by atoms with E-state index in [0.717, 1.165) is 51.4 Å². The van der Waals surface area contributed by atoms with E-state index >= 15 is 0 Å². The monoisotopic (exact) mass is 215 g/mol. The maximum absolute atomic E-state index is 8.74. The predicted molar refractivity (Wildman–Crippen MR) is 62.0 cm³/mol. The molecule has 0 radical (unpaired) electrons. The quantitative estimate of drug-likeness (QED) is 0.698. The van der Waals surface area contributed by atoms with E-state index in [1.807, 2.05) is 0 Å². The molecule has 0 aliphatic carbocycles. The zero-order valence-corrected chi connectivity index (χ0v) is 10.1. The fraction of sp³-hybridized carbons (Fsp3) is 1.00. The van der Waals surface area contributed by atoms with Crippen molar-refractivity contribution in [2.75, 3.05) is 32.8 Å². The predicted octanol–water partition coefficient (Wildman–Crippen LogP) is 1.51. The van der Waals surface area contributed by atoms with E-state index in [-0.39, 0.29) is 0 Å². The lowest BCUT2D eigenvalue weighted by Crippen LogP contribution is -2.25. The minimum absolute atomic E-state index is 0.301. The van der Waals surface area contributed by atoms with Crippen molar-refractivity contribution >= 4 is 0 Å². The number of nitrogens with zero attached hydrogens (tertiary/aromatic N) is 1. The molecule has 0 bridgehead atoms. The molecular formula is C12H25NO2. The zero-order valence-electron chi connectivity index (χ0n) is 10.1. The molecular weight excluding hydrogens is 190 g/mol. The van der Waals surface area contributed by atoms with Crippen LogP contribution in [0.4, 0.5) is 0 Å². The minimum atomic E-state index is 0.301. The maximum atomic E-state index is 8.74. The van der Waals surface area contributed by atoms with E-state index in [0.29, 0.717) is 12.7 Å². The van der Waals surface area contributed by atoms with Crippen molar-refractivity contribution in [2.45, 2.75) is 39.2 Å². The first-order valence-electron chi connectivity index (χ1n) is 6.17. The van der Waals surface area contributed by atoms with Gasteiger partial charge in [0.1, 0.15) is 0 Å². The highest BCUT2D eigenvalue weighted by molar-refractivity contribution is 4.75. The third-order valence-corrected chi connectivity index (χ3v) is 2.91. The number of aliphatic hydroxyl groups is 1. The fourth-order valence-corrected chi connectivity index (χ4v) is 1.90. The molecule has 0 aromatic rings. The van der Waals surface area contributed by atoms with Crippen LogP contribution in [-0.4, -0.2) is 49.0 Å². The summed E-state index contributed by atoms with van der Waals surface area (Å²) in [7, 11) is 0. The van der Waals surface area contributed by atoms with Crippen LogP contribution in [0.25, 0.3) is 0 Å². The van der Waals surface area contributed by atoms with E-state index in [1.165, 1.54) is 0 Å². The molecule has 15 heavy (non-hydrogen) atoms. The Morgan fingerprint density at radius 2 is 2.27 bits per heavy atom. The van der Waals surface area contributed by atoms with Gasteiger partial charge in [-0.15, -0.1) is 0 Å². The Labute approximate surface area is 93.4 Å². The lowest BCUT2D eigenvalue weighted by Gasteiger charge is -2.15. The summed E-state index contributed by atoms with van der Waals surface area (Å²) in [5.74, 6) is 0.733. The molecule has 1 fully saturated rings. The van der Waals surface area contributed by atoms with Crippen LogP contribution in [0.15, 0.2) is 0 Å². The van der Waals surface area contributed by atoms with Crippen molar-refractivity contribution in [1.29, 1.82) is 0 Å². The van der Waals surface area contributed by atoms with Gasteiger partial charge in [-0.1, -0.05) is 13.8 Å². The van der Waals surface area contributed by atoms with E-state index in [1.54, 1.807) is 0 Å². The van der Waals surface area contributed by atoms with E-state index in [2.05, 4.69) is 18.7 Å². The highest BCUT2D eigenvalue weighted by atomic mass is 16.5. The van der Waals surface area contributed by atoms with Crippen molar-refractivity contribution in [3.05, 3.63) is 0 Å². The molecule has 1 atom stereocenters. The van der Waals surface area contributed by atoms with Gasteiger partial charge in [0.2, 0.25) is 0 Å². The minimum Gasteiger partial charge on any atom is -0.396 e. The number of ether oxygens (including phenoxy) is 1. The summed E-state index contributed by atoms with van der Waals surface area (Å²) in [6.07, 6.45) is 3.64. The first-order valence-corrected chi connectivity index (χ1v) is 6.17.